The van der Waals surface area contributed by atoms with Gasteiger partial charge in [-0.05, 0) is 45.0 Å². The number of aromatic nitrogens is 1. The van der Waals surface area contributed by atoms with Crippen LogP contribution in [0, 0.1) is 13.8 Å². The number of benzene rings is 1. The van der Waals surface area contributed by atoms with Gasteiger partial charge in [0, 0.05) is 25.0 Å². The predicted octanol–water partition coefficient (Wildman–Crippen LogP) is 2.29. The highest BCUT2D eigenvalue weighted by molar-refractivity contribution is 5.98. The van der Waals surface area contributed by atoms with Crippen molar-refractivity contribution in [1.82, 2.24) is 15.2 Å². The van der Waals surface area contributed by atoms with Crippen molar-refractivity contribution >= 4 is 16.8 Å². The van der Waals surface area contributed by atoms with E-state index in [0.717, 1.165) is 54.8 Å². The van der Waals surface area contributed by atoms with Crippen LogP contribution in [0.3, 0.4) is 0 Å². The van der Waals surface area contributed by atoms with Gasteiger partial charge in [-0.3, -0.25) is 9.78 Å². The van der Waals surface area contributed by atoms with Crippen molar-refractivity contribution in [3.8, 4) is 0 Å². The second kappa shape index (κ2) is 5.82. The van der Waals surface area contributed by atoms with Crippen LogP contribution in [0.2, 0.25) is 0 Å². The van der Waals surface area contributed by atoms with Gasteiger partial charge in [0.05, 0.1) is 16.8 Å². The Kier molecular flexibility index (Phi) is 3.88. The zero-order valence-electron chi connectivity index (χ0n) is 12.6. The Morgan fingerprint density at radius 2 is 2.05 bits per heavy atom. The van der Waals surface area contributed by atoms with Gasteiger partial charge in [0.15, 0.2) is 0 Å². The van der Waals surface area contributed by atoms with Gasteiger partial charge in [0.25, 0.3) is 5.91 Å². The second-order valence-electron chi connectivity index (χ2n) is 5.71. The third-order valence-electron chi connectivity index (χ3n) is 4.02. The first kappa shape index (κ1) is 14.0. The Balaban J connectivity index is 1.98. The monoisotopic (exact) mass is 283 g/mol. The van der Waals surface area contributed by atoms with Crippen LogP contribution in [0.5, 0.6) is 0 Å². The maximum atomic E-state index is 12.8. The van der Waals surface area contributed by atoms with Gasteiger partial charge in [-0.2, -0.15) is 0 Å². The summed E-state index contributed by atoms with van der Waals surface area (Å²) < 4.78 is 0. The zero-order chi connectivity index (χ0) is 14.8. The summed E-state index contributed by atoms with van der Waals surface area (Å²) in [5, 5.41) is 4.36. The van der Waals surface area contributed by atoms with Crippen molar-refractivity contribution in [1.29, 1.82) is 0 Å². The number of nitrogens with zero attached hydrogens (tertiary/aromatic N) is 2. The molecule has 0 radical (unpaired) electrons. The number of rotatable bonds is 1. The average Bonchev–Trinajstić information content (AvgIpc) is 2.75. The molecule has 2 heterocycles. The molecule has 4 heteroatoms. The SMILES string of the molecule is Cc1ccc2nc(C)c(C(=O)N3CCCNCC3)cc2c1. The molecular formula is C17H21N3O. The Morgan fingerprint density at radius 3 is 2.90 bits per heavy atom. The minimum Gasteiger partial charge on any atom is -0.337 e. The van der Waals surface area contributed by atoms with Crippen molar-refractivity contribution in [2.24, 2.45) is 0 Å². The average molecular weight is 283 g/mol. The molecule has 21 heavy (non-hydrogen) atoms. The van der Waals surface area contributed by atoms with E-state index in [1.807, 2.05) is 24.0 Å². The summed E-state index contributed by atoms with van der Waals surface area (Å²) in [5.41, 5.74) is 3.68. The standard InChI is InChI=1S/C17H21N3O/c1-12-4-5-16-14(10-12)11-15(13(2)19-16)17(21)20-8-3-6-18-7-9-20/h4-5,10-11,18H,3,6-9H2,1-2H3. The highest BCUT2D eigenvalue weighted by atomic mass is 16.2. The molecule has 4 nitrogen and oxygen atoms in total. The lowest BCUT2D eigenvalue weighted by Gasteiger charge is -2.21. The van der Waals surface area contributed by atoms with E-state index >= 15 is 0 Å². The molecule has 1 saturated heterocycles. The van der Waals surface area contributed by atoms with Crippen molar-refractivity contribution < 1.29 is 4.79 Å². The van der Waals surface area contributed by atoms with E-state index in [-0.39, 0.29) is 5.91 Å². The molecule has 2 aromatic rings. The smallest absolute Gasteiger partial charge is 0.255 e. The van der Waals surface area contributed by atoms with E-state index in [2.05, 4.69) is 29.4 Å². The quantitative estimate of drug-likeness (QED) is 0.873. The highest BCUT2D eigenvalue weighted by Gasteiger charge is 2.19. The number of pyridine rings is 1. The number of amides is 1. The highest BCUT2D eigenvalue weighted by Crippen LogP contribution is 2.19. The number of aryl methyl sites for hydroxylation is 2. The number of nitrogens with one attached hydrogen (secondary N) is 1. The van der Waals surface area contributed by atoms with Gasteiger partial charge in [0.2, 0.25) is 0 Å². The normalized spacial score (nSPS) is 16.0. The Bertz CT molecular complexity index is 673. The molecule has 110 valence electrons. The first-order valence-corrected chi connectivity index (χ1v) is 7.53. The van der Waals surface area contributed by atoms with Crippen LogP contribution in [-0.2, 0) is 0 Å². The number of carbonyl (C=O) groups excluding carboxylic acids is 1. The van der Waals surface area contributed by atoms with Gasteiger partial charge in [-0.1, -0.05) is 11.6 Å². The van der Waals surface area contributed by atoms with Gasteiger partial charge in [-0.15, -0.1) is 0 Å². The summed E-state index contributed by atoms with van der Waals surface area (Å²) in [6.07, 6.45) is 1.00. The number of hydrogen-bond acceptors (Lipinski definition) is 3. The van der Waals surface area contributed by atoms with Gasteiger partial charge in [0.1, 0.15) is 0 Å². The topological polar surface area (TPSA) is 45.2 Å². The number of hydrogen-bond donors (Lipinski definition) is 1. The summed E-state index contributed by atoms with van der Waals surface area (Å²) in [6.45, 7) is 7.41. The van der Waals surface area contributed by atoms with E-state index < -0.39 is 0 Å². The third-order valence-corrected chi connectivity index (χ3v) is 4.02. The van der Waals surface area contributed by atoms with Crippen LogP contribution in [0.15, 0.2) is 24.3 Å². The molecule has 3 rings (SSSR count). The molecule has 1 fully saturated rings. The summed E-state index contributed by atoms with van der Waals surface area (Å²) in [5.74, 6) is 0.104. The zero-order valence-corrected chi connectivity index (χ0v) is 12.6. The fraction of sp³-hybridized carbons (Fsp3) is 0.412. The van der Waals surface area contributed by atoms with E-state index in [9.17, 15) is 4.79 Å². The molecular weight excluding hydrogens is 262 g/mol. The van der Waals surface area contributed by atoms with Crippen molar-refractivity contribution in [3.63, 3.8) is 0 Å². The summed E-state index contributed by atoms with van der Waals surface area (Å²) in [6, 6.07) is 8.15. The molecule has 0 spiro atoms. The lowest BCUT2D eigenvalue weighted by atomic mass is 10.1. The molecule has 0 unspecified atom stereocenters. The fourth-order valence-corrected chi connectivity index (χ4v) is 2.83. The number of carbonyl (C=O) groups is 1. The maximum absolute atomic E-state index is 12.8. The number of fused-ring (bicyclic) bond motifs is 1. The Hall–Kier alpha value is -1.94. The maximum Gasteiger partial charge on any atom is 0.255 e. The summed E-state index contributed by atoms with van der Waals surface area (Å²) >= 11 is 0. The second-order valence-corrected chi connectivity index (χ2v) is 5.71. The first-order chi connectivity index (χ1) is 10.1. The molecule has 0 atom stereocenters. The molecule has 1 aromatic heterocycles. The molecule has 1 aliphatic heterocycles. The molecule has 0 bridgehead atoms. The summed E-state index contributed by atoms with van der Waals surface area (Å²) in [7, 11) is 0. The van der Waals surface area contributed by atoms with Gasteiger partial charge >= 0.3 is 0 Å². The molecule has 1 N–H and O–H groups in total. The van der Waals surface area contributed by atoms with Crippen LogP contribution in [-0.4, -0.2) is 42.0 Å². The van der Waals surface area contributed by atoms with Gasteiger partial charge in [-0.25, -0.2) is 0 Å². The van der Waals surface area contributed by atoms with Crippen LogP contribution in [0.4, 0.5) is 0 Å². The Morgan fingerprint density at radius 1 is 1.19 bits per heavy atom. The van der Waals surface area contributed by atoms with Crippen LogP contribution < -0.4 is 5.32 Å². The Labute approximate surface area is 125 Å². The predicted molar refractivity (Wildman–Crippen MR) is 84.6 cm³/mol. The molecule has 0 aliphatic carbocycles. The minimum atomic E-state index is 0.104. The third kappa shape index (κ3) is 2.90. The summed E-state index contributed by atoms with van der Waals surface area (Å²) in [4.78, 5) is 19.3. The molecule has 1 aromatic carbocycles. The minimum absolute atomic E-state index is 0.104. The lowest BCUT2D eigenvalue weighted by molar-refractivity contribution is 0.0765. The van der Waals surface area contributed by atoms with E-state index in [4.69, 9.17) is 0 Å². The molecule has 1 amide bonds. The van der Waals surface area contributed by atoms with Crippen molar-refractivity contribution in [2.45, 2.75) is 20.3 Å². The van der Waals surface area contributed by atoms with E-state index in [0.29, 0.717) is 0 Å². The molecule has 0 saturated carbocycles. The van der Waals surface area contributed by atoms with Crippen LogP contribution in [0.1, 0.15) is 28.0 Å². The van der Waals surface area contributed by atoms with E-state index in [1.54, 1.807) is 0 Å². The molecule has 1 aliphatic rings. The van der Waals surface area contributed by atoms with Crippen molar-refractivity contribution in [3.05, 3.63) is 41.1 Å². The first-order valence-electron chi connectivity index (χ1n) is 7.53. The van der Waals surface area contributed by atoms with E-state index in [1.165, 1.54) is 5.56 Å². The fourth-order valence-electron chi connectivity index (χ4n) is 2.83. The lowest BCUT2D eigenvalue weighted by Crippen LogP contribution is -2.34. The largest absolute Gasteiger partial charge is 0.337 e. The van der Waals surface area contributed by atoms with Crippen LogP contribution >= 0.6 is 0 Å². The van der Waals surface area contributed by atoms with Crippen molar-refractivity contribution in [2.75, 3.05) is 26.2 Å². The van der Waals surface area contributed by atoms with Gasteiger partial charge < -0.3 is 10.2 Å². The van der Waals surface area contributed by atoms with Crippen LogP contribution in [0.25, 0.3) is 10.9 Å².